The summed E-state index contributed by atoms with van der Waals surface area (Å²) in [5.41, 5.74) is 7.41. The Morgan fingerprint density at radius 3 is 2.88 bits per heavy atom. The van der Waals surface area contributed by atoms with Crippen LogP contribution in [0.2, 0.25) is 0 Å². The SMILES string of the molecule is Cc1ccc(F)c(C(N)Cc2nnn(C)n2)c1. The minimum Gasteiger partial charge on any atom is -0.323 e. The first-order valence-electron chi connectivity index (χ1n) is 5.31. The summed E-state index contributed by atoms with van der Waals surface area (Å²) in [7, 11) is 1.68. The van der Waals surface area contributed by atoms with Crippen LogP contribution in [0.3, 0.4) is 0 Å². The molecule has 0 spiro atoms. The lowest BCUT2D eigenvalue weighted by molar-refractivity contribution is 0.572. The number of hydrogen-bond donors (Lipinski definition) is 1. The summed E-state index contributed by atoms with van der Waals surface area (Å²) in [6.07, 6.45) is 0.369. The van der Waals surface area contributed by atoms with Gasteiger partial charge in [0.15, 0.2) is 5.82 Å². The van der Waals surface area contributed by atoms with E-state index in [-0.39, 0.29) is 5.82 Å². The molecule has 17 heavy (non-hydrogen) atoms. The molecule has 2 aromatic rings. The highest BCUT2D eigenvalue weighted by Crippen LogP contribution is 2.19. The fourth-order valence-electron chi connectivity index (χ4n) is 1.66. The van der Waals surface area contributed by atoms with Gasteiger partial charge in [-0.25, -0.2) is 4.39 Å². The molecule has 90 valence electrons. The summed E-state index contributed by atoms with van der Waals surface area (Å²) >= 11 is 0. The summed E-state index contributed by atoms with van der Waals surface area (Å²) < 4.78 is 13.6. The van der Waals surface area contributed by atoms with Gasteiger partial charge in [-0.1, -0.05) is 17.7 Å². The van der Waals surface area contributed by atoms with E-state index in [1.165, 1.54) is 10.9 Å². The average molecular weight is 235 g/mol. The number of benzene rings is 1. The van der Waals surface area contributed by atoms with E-state index >= 15 is 0 Å². The largest absolute Gasteiger partial charge is 0.323 e. The Hall–Kier alpha value is -1.82. The number of nitrogens with zero attached hydrogens (tertiary/aromatic N) is 4. The van der Waals surface area contributed by atoms with Crippen molar-refractivity contribution >= 4 is 0 Å². The molecule has 1 atom stereocenters. The number of rotatable bonds is 3. The molecule has 1 aromatic heterocycles. The lowest BCUT2D eigenvalue weighted by atomic mass is 10.0. The third-order valence-electron chi connectivity index (χ3n) is 2.50. The number of tetrazole rings is 1. The van der Waals surface area contributed by atoms with Gasteiger partial charge in [0, 0.05) is 18.0 Å². The molecule has 0 radical (unpaired) electrons. The van der Waals surface area contributed by atoms with Crippen molar-refractivity contribution in [2.24, 2.45) is 12.8 Å². The van der Waals surface area contributed by atoms with Crippen LogP contribution in [0.15, 0.2) is 18.2 Å². The van der Waals surface area contributed by atoms with Gasteiger partial charge in [0.2, 0.25) is 0 Å². The second-order valence-corrected chi connectivity index (χ2v) is 4.03. The van der Waals surface area contributed by atoms with E-state index in [0.29, 0.717) is 17.8 Å². The highest BCUT2D eigenvalue weighted by atomic mass is 19.1. The van der Waals surface area contributed by atoms with E-state index < -0.39 is 6.04 Å². The van der Waals surface area contributed by atoms with Gasteiger partial charge >= 0.3 is 0 Å². The summed E-state index contributed by atoms with van der Waals surface area (Å²) in [5, 5.41) is 11.6. The molecule has 0 aliphatic heterocycles. The number of hydrogen-bond acceptors (Lipinski definition) is 4. The zero-order valence-electron chi connectivity index (χ0n) is 9.76. The number of aryl methyl sites for hydroxylation is 2. The van der Waals surface area contributed by atoms with Gasteiger partial charge in [-0.3, -0.25) is 0 Å². The van der Waals surface area contributed by atoms with Gasteiger partial charge in [-0.05, 0) is 18.2 Å². The molecule has 1 unspecified atom stereocenters. The normalized spacial score (nSPS) is 12.7. The molecule has 1 heterocycles. The lowest BCUT2D eigenvalue weighted by Crippen LogP contribution is -2.16. The fourth-order valence-corrected chi connectivity index (χ4v) is 1.66. The molecular formula is C11H14FN5. The third kappa shape index (κ3) is 2.65. The first-order chi connectivity index (χ1) is 8.06. The van der Waals surface area contributed by atoms with E-state index in [1.54, 1.807) is 19.2 Å². The van der Waals surface area contributed by atoms with Crippen LogP contribution in [0, 0.1) is 12.7 Å². The van der Waals surface area contributed by atoms with Gasteiger partial charge in [0.05, 0.1) is 7.05 Å². The topological polar surface area (TPSA) is 69.6 Å². The molecule has 6 heteroatoms. The van der Waals surface area contributed by atoms with E-state index in [2.05, 4.69) is 15.4 Å². The zero-order valence-corrected chi connectivity index (χ0v) is 9.76. The van der Waals surface area contributed by atoms with Gasteiger partial charge in [0.25, 0.3) is 0 Å². The van der Waals surface area contributed by atoms with Gasteiger partial charge in [-0.15, -0.1) is 10.2 Å². The Morgan fingerprint density at radius 2 is 2.24 bits per heavy atom. The van der Waals surface area contributed by atoms with E-state index in [0.717, 1.165) is 5.56 Å². The maximum absolute atomic E-state index is 13.6. The second-order valence-electron chi connectivity index (χ2n) is 4.03. The Morgan fingerprint density at radius 1 is 1.47 bits per heavy atom. The lowest BCUT2D eigenvalue weighted by Gasteiger charge is -2.11. The van der Waals surface area contributed by atoms with Crippen LogP contribution in [0.5, 0.6) is 0 Å². The maximum atomic E-state index is 13.6. The van der Waals surface area contributed by atoms with Crippen molar-refractivity contribution in [1.29, 1.82) is 0 Å². The molecule has 5 nitrogen and oxygen atoms in total. The fraction of sp³-hybridized carbons (Fsp3) is 0.364. The summed E-state index contributed by atoms with van der Waals surface area (Å²) in [5.74, 6) is 0.216. The molecule has 0 fully saturated rings. The van der Waals surface area contributed by atoms with Crippen LogP contribution >= 0.6 is 0 Å². The highest BCUT2D eigenvalue weighted by Gasteiger charge is 2.14. The summed E-state index contributed by atoms with van der Waals surface area (Å²) in [4.78, 5) is 1.36. The molecule has 2 N–H and O–H groups in total. The summed E-state index contributed by atoms with van der Waals surface area (Å²) in [6.45, 7) is 1.90. The Balaban J connectivity index is 2.19. The average Bonchev–Trinajstić information content (AvgIpc) is 2.67. The smallest absolute Gasteiger partial charge is 0.176 e. The van der Waals surface area contributed by atoms with E-state index in [9.17, 15) is 4.39 Å². The number of nitrogens with two attached hydrogens (primary N) is 1. The van der Waals surface area contributed by atoms with Crippen molar-refractivity contribution in [3.63, 3.8) is 0 Å². The number of halogens is 1. The predicted octanol–water partition coefficient (Wildman–Crippen LogP) is 0.900. The van der Waals surface area contributed by atoms with Gasteiger partial charge < -0.3 is 5.73 Å². The van der Waals surface area contributed by atoms with Crippen LogP contribution in [-0.4, -0.2) is 20.2 Å². The summed E-state index contributed by atoms with van der Waals surface area (Å²) in [6, 6.07) is 4.43. The van der Waals surface area contributed by atoms with E-state index in [1.807, 2.05) is 6.92 Å². The Kier molecular flexibility index (Phi) is 3.14. The van der Waals surface area contributed by atoms with Crippen molar-refractivity contribution in [3.8, 4) is 0 Å². The van der Waals surface area contributed by atoms with Crippen molar-refractivity contribution in [2.75, 3.05) is 0 Å². The molecular weight excluding hydrogens is 221 g/mol. The van der Waals surface area contributed by atoms with Gasteiger partial charge in [-0.2, -0.15) is 4.80 Å². The molecule has 0 amide bonds. The van der Waals surface area contributed by atoms with E-state index in [4.69, 9.17) is 5.73 Å². The Labute approximate surface area is 98.4 Å². The van der Waals surface area contributed by atoms with Crippen molar-refractivity contribution < 1.29 is 4.39 Å². The van der Waals surface area contributed by atoms with Crippen LogP contribution in [0.4, 0.5) is 4.39 Å². The number of aromatic nitrogens is 4. The van der Waals surface area contributed by atoms with Crippen LogP contribution < -0.4 is 5.73 Å². The minimum atomic E-state index is -0.459. The first kappa shape index (κ1) is 11.7. The quantitative estimate of drug-likeness (QED) is 0.858. The third-order valence-corrected chi connectivity index (χ3v) is 2.50. The first-order valence-corrected chi connectivity index (χ1v) is 5.31. The van der Waals surface area contributed by atoms with Crippen LogP contribution in [-0.2, 0) is 13.5 Å². The minimum absolute atomic E-state index is 0.299. The predicted molar refractivity (Wildman–Crippen MR) is 60.6 cm³/mol. The zero-order chi connectivity index (χ0) is 12.4. The van der Waals surface area contributed by atoms with Crippen LogP contribution in [0.1, 0.15) is 23.0 Å². The van der Waals surface area contributed by atoms with Crippen LogP contribution in [0.25, 0.3) is 0 Å². The maximum Gasteiger partial charge on any atom is 0.176 e. The Bertz CT molecular complexity index is 522. The molecule has 0 aliphatic carbocycles. The standard InChI is InChI=1S/C11H14FN5/c1-7-3-4-9(12)8(5-7)10(13)6-11-14-16-17(2)15-11/h3-5,10H,6,13H2,1-2H3. The molecule has 1 aromatic carbocycles. The molecule has 0 saturated carbocycles. The molecule has 0 bridgehead atoms. The molecule has 0 saturated heterocycles. The highest BCUT2D eigenvalue weighted by molar-refractivity contribution is 5.27. The van der Waals surface area contributed by atoms with Gasteiger partial charge in [0.1, 0.15) is 5.82 Å². The van der Waals surface area contributed by atoms with Crippen molar-refractivity contribution in [1.82, 2.24) is 20.2 Å². The molecule has 2 rings (SSSR count). The van der Waals surface area contributed by atoms with Crippen molar-refractivity contribution in [2.45, 2.75) is 19.4 Å². The monoisotopic (exact) mass is 235 g/mol. The second kappa shape index (κ2) is 4.58. The molecule has 0 aliphatic rings. The van der Waals surface area contributed by atoms with Crippen molar-refractivity contribution in [3.05, 3.63) is 41.0 Å².